The van der Waals surface area contributed by atoms with E-state index in [-0.39, 0.29) is 0 Å². The van der Waals surface area contributed by atoms with Crippen LogP contribution in [0.15, 0.2) is 35.3 Å². The first kappa shape index (κ1) is 14.4. The van der Waals surface area contributed by atoms with Crippen molar-refractivity contribution in [2.45, 2.75) is 19.9 Å². The van der Waals surface area contributed by atoms with E-state index in [9.17, 15) is 0 Å². The number of nitrogens with one attached hydrogen (secondary N) is 1. The number of hydrogen-bond donors (Lipinski definition) is 1. The van der Waals surface area contributed by atoms with Crippen LogP contribution in [0.25, 0.3) is 0 Å². The van der Waals surface area contributed by atoms with Crippen LogP contribution < -0.4 is 5.32 Å². The topological polar surface area (TPSA) is 21.3 Å². The van der Waals surface area contributed by atoms with Crippen molar-refractivity contribution in [3.63, 3.8) is 0 Å². The molecule has 0 aromatic heterocycles. The highest BCUT2D eigenvalue weighted by Crippen LogP contribution is 2.17. The van der Waals surface area contributed by atoms with E-state index in [1.807, 2.05) is 6.08 Å². The van der Waals surface area contributed by atoms with Crippen LogP contribution in [0.2, 0.25) is 0 Å². The lowest BCUT2D eigenvalue weighted by Crippen LogP contribution is -2.19. The van der Waals surface area contributed by atoms with Crippen molar-refractivity contribution in [1.82, 2.24) is 5.32 Å². The Morgan fingerprint density at radius 2 is 2.24 bits per heavy atom. The molecule has 0 saturated heterocycles. The Bertz CT molecular complexity index is 352. The molecule has 1 aromatic carbocycles. The minimum atomic E-state index is 0.747. The molecule has 1 aromatic rings. The molecule has 17 heavy (non-hydrogen) atoms. The maximum absolute atomic E-state index is 5.42. The van der Waals surface area contributed by atoms with Gasteiger partial charge in [-0.25, -0.2) is 0 Å². The highest BCUT2D eigenvalue weighted by Gasteiger charge is 1.99. The highest BCUT2D eigenvalue weighted by atomic mass is 79.9. The summed E-state index contributed by atoms with van der Waals surface area (Å²) >= 11 is 3.57. The zero-order valence-electron chi connectivity index (χ0n) is 10.3. The summed E-state index contributed by atoms with van der Waals surface area (Å²) in [6.07, 6.45) is 2.79. The molecule has 0 radical (unpaired) electrons. The average Bonchev–Trinajstić information content (AvgIpc) is 2.30. The molecule has 0 amide bonds. The first-order valence-electron chi connectivity index (χ1n) is 5.88. The number of halogens is 1. The smallest absolute Gasteiger partial charge is 0.0591 e. The van der Waals surface area contributed by atoms with Gasteiger partial charge in [-0.15, -0.1) is 6.58 Å². The molecule has 0 spiro atoms. The molecule has 0 unspecified atom stereocenters. The SMILES string of the molecule is C=CCCOCCNCc1ccc(C)cc1Br. The van der Waals surface area contributed by atoms with Crippen LogP contribution >= 0.6 is 15.9 Å². The van der Waals surface area contributed by atoms with Gasteiger partial charge in [0.1, 0.15) is 0 Å². The predicted molar refractivity (Wildman–Crippen MR) is 76.2 cm³/mol. The number of aryl methyl sites for hydroxylation is 1. The number of benzene rings is 1. The fourth-order valence-corrected chi connectivity index (χ4v) is 2.07. The standard InChI is InChI=1S/C14H20BrNO/c1-3-4-8-17-9-7-16-11-13-6-5-12(2)10-14(13)15/h3,5-6,10,16H,1,4,7-9,11H2,2H3. The molecular weight excluding hydrogens is 278 g/mol. The normalized spacial score (nSPS) is 10.5. The van der Waals surface area contributed by atoms with E-state index < -0.39 is 0 Å². The quantitative estimate of drug-likeness (QED) is 0.586. The van der Waals surface area contributed by atoms with Gasteiger partial charge in [0, 0.05) is 17.6 Å². The van der Waals surface area contributed by atoms with Gasteiger partial charge in [0.2, 0.25) is 0 Å². The first-order chi connectivity index (χ1) is 8.24. The second-order valence-corrected chi connectivity index (χ2v) is 4.82. The Morgan fingerprint density at radius 1 is 1.41 bits per heavy atom. The Kier molecular flexibility index (Phi) is 7.17. The molecule has 0 aliphatic rings. The maximum atomic E-state index is 5.42. The molecule has 0 saturated carbocycles. The summed E-state index contributed by atoms with van der Waals surface area (Å²) in [7, 11) is 0. The number of rotatable bonds is 8. The van der Waals surface area contributed by atoms with Gasteiger partial charge in [-0.2, -0.15) is 0 Å². The van der Waals surface area contributed by atoms with Crippen molar-refractivity contribution < 1.29 is 4.74 Å². The van der Waals surface area contributed by atoms with Crippen molar-refractivity contribution in [1.29, 1.82) is 0 Å². The second-order valence-electron chi connectivity index (χ2n) is 3.96. The molecule has 2 nitrogen and oxygen atoms in total. The fourth-order valence-electron chi connectivity index (χ4n) is 1.43. The highest BCUT2D eigenvalue weighted by molar-refractivity contribution is 9.10. The van der Waals surface area contributed by atoms with Gasteiger partial charge in [0.05, 0.1) is 13.2 Å². The summed E-state index contributed by atoms with van der Waals surface area (Å²) in [5.41, 5.74) is 2.55. The largest absolute Gasteiger partial charge is 0.380 e. The van der Waals surface area contributed by atoms with E-state index in [1.165, 1.54) is 11.1 Å². The van der Waals surface area contributed by atoms with Gasteiger partial charge < -0.3 is 10.1 Å². The lowest BCUT2D eigenvalue weighted by atomic mass is 10.1. The molecule has 0 fully saturated rings. The van der Waals surface area contributed by atoms with Gasteiger partial charge >= 0.3 is 0 Å². The van der Waals surface area contributed by atoms with E-state index in [4.69, 9.17) is 4.74 Å². The summed E-state index contributed by atoms with van der Waals surface area (Å²) in [6, 6.07) is 6.41. The third-order valence-electron chi connectivity index (χ3n) is 2.41. The molecule has 0 aliphatic carbocycles. The van der Waals surface area contributed by atoms with Crippen molar-refractivity contribution >= 4 is 15.9 Å². The first-order valence-corrected chi connectivity index (χ1v) is 6.67. The Balaban J connectivity index is 2.15. The lowest BCUT2D eigenvalue weighted by Gasteiger charge is -2.08. The molecular formula is C14H20BrNO. The third-order valence-corrected chi connectivity index (χ3v) is 3.15. The number of ether oxygens (including phenoxy) is 1. The molecule has 0 heterocycles. The van der Waals surface area contributed by atoms with Crippen LogP contribution in [0.4, 0.5) is 0 Å². The zero-order valence-corrected chi connectivity index (χ0v) is 11.9. The van der Waals surface area contributed by atoms with E-state index >= 15 is 0 Å². The van der Waals surface area contributed by atoms with Gasteiger partial charge in [-0.1, -0.05) is 34.1 Å². The van der Waals surface area contributed by atoms with E-state index in [0.717, 1.165) is 37.2 Å². The third kappa shape index (κ3) is 6.01. The minimum Gasteiger partial charge on any atom is -0.380 e. The molecule has 94 valence electrons. The minimum absolute atomic E-state index is 0.747. The van der Waals surface area contributed by atoms with Gasteiger partial charge in [-0.3, -0.25) is 0 Å². The van der Waals surface area contributed by atoms with Crippen molar-refractivity contribution in [3.8, 4) is 0 Å². The summed E-state index contributed by atoms with van der Waals surface area (Å²) in [5.74, 6) is 0. The maximum Gasteiger partial charge on any atom is 0.0591 e. The molecule has 1 rings (SSSR count). The molecule has 0 aliphatic heterocycles. The molecule has 0 atom stereocenters. The molecule has 1 N–H and O–H groups in total. The van der Waals surface area contributed by atoms with Gasteiger partial charge in [-0.05, 0) is 30.5 Å². The van der Waals surface area contributed by atoms with E-state index in [1.54, 1.807) is 0 Å². The van der Waals surface area contributed by atoms with Crippen molar-refractivity contribution in [2.24, 2.45) is 0 Å². The molecule has 3 heteroatoms. The van der Waals surface area contributed by atoms with Crippen molar-refractivity contribution in [3.05, 3.63) is 46.5 Å². The van der Waals surface area contributed by atoms with Crippen LogP contribution in [-0.2, 0) is 11.3 Å². The Hall–Kier alpha value is -0.640. The van der Waals surface area contributed by atoms with Crippen LogP contribution in [0.5, 0.6) is 0 Å². The second kappa shape index (κ2) is 8.45. The van der Waals surface area contributed by atoms with Crippen LogP contribution in [0, 0.1) is 6.92 Å². The number of hydrogen-bond acceptors (Lipinski definition) is 2. The summed E-state index contributed by atoms with van der Waals surface area (Å²) < 4.78 is 6.58. The average molecular weight is 298 g/mol. The van der Waals surface area contributed by atoms with E-state index in [2.05, 4.69) is 52.9 Å². The fraction of sp³-hybridized carbons (Fsp3) is 0.429. The Morgan fingerprint density at radius 3 is 2.94 bits per heavy atom. The summed E-state index contributed by atoms with van der Waals surface area (Å²) in [6.45, 7) is 8.99. The summed E-state index contributed by atoms with van der Waals surface area (Å²) in [4.78, 5) is 0. The van der Waals surface area contributed by atoms with E-state index in [0.29, 0.717) is 0 Å². The van der Waals surface area contributed by atoms with Crippen LogP contribution in [0.3, 0.4) is 0 Å². The van der Waals surface area contributed by atoms with Crippen molar-refractivity contribution in [2.75, 3.05) is 19.8 Å². The molecule has 0 bridgehead atoms. The summed E-state index contributed by atoms with van der Waals surface area (Å²) in [5, 5.41) is 3.36. The monoisotopic (exact) mass is 297 g/mol. The lowest BCUT2D eigenvalue weighted by molar-refractivity contribution is 0.140. The van der Waals surface area contributed by atoms with Crippen LogP contribution in [0.1, 0.15) is 17.5 Å². The van der Waals surface area contributed by atoms with Gasteiger partial charge in [0.15, 0.2) is 0 Å². The van der Waals surface area contributed by atoms with Crippen LogP contribution in [-0.4, -0.2) is 19.8 Å². The zero-order chi connectivity index (χ0) is 12.5. The van der Waals surface area contributed by atoms with Gasteiger partial charge in [0.25, 0.3) is 0 Å². The Labute approximate surface area is 112 Å². The predicted octanol–water partition coefficient (Wildman–Crippen LogP) is 3.44.